The lowest BCUT2D eigenvalue weighted by Crippen LogP contribution is -2.05. The molecule has 0 atom stereocenters. The van der Waals surface area contributed by atoms with Crippen molar-refractivity contribution in [1.29, 1.82) is 0 Å². The summed E-state index contributed by atoms with van der Waals surface area (Å²) < 4.78 is 0. The molecule has 3 heteroatoms. The molecule has 0 fully saturated rings. The van der Waals surface area contributed by atoms with Gasteiger partial charge in [-0.3, -0.25) is 0 Å². The number of benzene rings is 2. The molecule has 5 aromatic rings. The fourth-order valence-electron chi connectivity index (χ4n) is 4.07. The summed E-state index contributed by atoms with van der Waals surface area (Å²) in [6.07, 6.45) is 0. The zero-order chi connectivity index (χ0) is 17.7. The number of hydrogen-bond donors (Lipinski definition) is 2. The van der Waals surface area contributed by atoms with Gasteiger partial charge in [-0.15, -0.1) is 11.3 Å². The highest BCUT2D eigenvalue weighted by Crippen LogP contribution is 2.40. The molecule has 0 aliphatic carbocycles. The van der Waals surface area contributed by atoms with Gasteiger partial charge in [0, 0.05) is 38.1 Å². The van der Waals surface area contributed by atoms with Crippen LogP contribution in [0.4, 0.5) is 0 Å². The lowest BCUT2D eigenvalue weighted by molar-refractivity contribution is 0.905. The second kappa shape index (κ2) is 5.89. The Kier molecular flexibility index (Phi) is 3.50. The summed E-state index contributed by atoms with van der Waals surface area (Å²) in [7, 11) is 0. The fourth-order valence-corrected chi connectivity index (χ4v) is 4.91. The van der Waals surface area contributed by atoms with Crippen molar-refractivity contribution < 1.29 is 0 Å². The van der Waals surface area contributed by atoms with Crippen LogP contribution in [0.15, 0.2) is 66.0 Å². The first-order valence-corrected chi connectivity index (χ1v) is 9.80. The monoisotopic (exact) mass is 356 g/mol. The van der Waals surface area contributed by atoms with Crippen LogP contribution in [0.5, 0.6) is 0 Å². The molecule has 0 saturated heterocycles. The minimum atomic E-state index is 0.190. The van der Waals surface area contributed by atoms with Crippen molar-refractivity contribution in [2.75, 3.05) is 0 Å². The molecule has 0 spiro atoms. The quantitative estimate of drug-likeness (QED) is 0.369. The summed E-state index contributed by atoms with van der Waals surface area (Å²) in [5, 5.41) is 4.77. The number of thiophene rings is 1. The number of aromatic nitrogens is 2. The lowest BCUT2D eigenvalue weighted by Gasteiger charge is -2.16. The molecule has 2 N–H and O–H groups in total. The molecule has 5 rings (SSSR count). The van der Waals surface area contributed by atoms with Gasteiger partial charge in [-0.1, -0.05) is 42.5 Å². The third-order valence-electron chi connectivity index (χ3n) is 5.41. The van der Waals surface area contributed by atoms with E-state index in [-0.39, 0.29) is 5.92 Å². The average Bonchev–Trinajstić information content (AvgIpc) is 3.38. The third kappa shape index (κ3) is 2.24. The van der Waals surface area contributed by atoms with Gasteiger partial charge >= 0.3 is 0 Å². The number of fused-ring (bicyclic) bond motifs is 2. The van der Waals surface area contributed by atoms with Crippen molar-refractivity contribution in [1.82, 2.24) is 9.97 Å². The van der Waals surface area contributed by atoms with Gasteiger partial charge < -0.3 is 9.97 Å². The highest BCUT2D eigenvalue weighted by atomic mass is 32.1. The van der Waals surface area contributed by atoms with Crippen molar-refractivity contribution in [3.05, 3.63) is 93.4 Å². The molecule has 0 aliphatic heterocycles. The number of nitrogens with one attached hydrogen (secondary N) is 2. The van der Waals surface area contributed by atoms with Gasteiger partial charge in [0.05, 0.1) is 5.92 Å². The Hall–Kier alpha value is -2.78. The van der Waals surface area contributed by atoms with Crippen molar-refractivity contribution in [3.63, 3.8) is 0 Å². The zero-order valence-electron chi connectivity index (χ0n) is 14.8. The van der Waals surface area contributed by atoms with Crippen LogP contribution in [0.3, 0.4) is 0 Å². The maximum Gasteiger partial charge on any atom is 0.0740 e. The smallest absolute Gasteiger partial charge is 0.0740 e. The van der Waals surface area contributed by atoms with E-state index in [0.29, 0.717) is 0 Å². The minimum Gasteiger partial charge on any atom is -0.357 e. The first-order valence-electron chi connectivity index (χ1n) is 8.92. The van der Waals surface area contributed by atoms with E-state index in [1.54, 1.807) is 0 Å². The molecule has 2 aromatic carbocycles. The van der Waals surface area contributed by atoms with Crippen LogP contribution in [-0.4, -0.2) is 9.97 Å². The number of aromatic amines is 2. The Bertz CT molecular complexity index is 1130. The van der Waals surface area contributed by atoms with Gasteiger partial charge in [0.1, 0.15) is 0 Å². The highest BCUT2D eigenvalue weighted by Gasteiger charge is 2.26. The average molecular weight is 356 g/mol. The van der Waals surface area contributed by atoms with Crippen molar-refractivity contribution >= 4 is 33.1 Å². The Balaban J connectivity index is 1.80. The van der Waals surface area contributed by atoms with E-state index in [1.165, 1.54) is 49.2 Å². The molecular formula is C23H20N2S. The van der Waals surface area contributed by atoms with Crippen LogP contribution in [-0.2, 0) is 0 Å². The van der Waals surface area contributed by atoms with Crippen LogP contribution in [0.25, 0.3) is 21.8 Å². The van der Waals surface area contributed by atoms with Gasteiger partial charge in [0.15, 0.2) is 0 Å². The third-order valence-corrected chi connectivity index (χ3v) is 6.35. The van der Waals surface area contributed by atoms with Crippen molar-refractivity contribution in [2.24, 2.45) is 0 Å². The summed E-state index contributed by atoms with van der Waals surface area (Å²) in [6, 6.07) is 21.5. The summed E-state index contributed by atoms with van der Waals surface area (Å²) in [5.41, 5.74) is 7.63. The predicted molar refractivity (Wildman–Crippen MR) is 111 cm³/mol. The molecule has 0 saturated carbocycles. The second-order valence-corrected chi connectivity index (χ2v) is 7.85. The molecule has 0 unspecified atom stereocenters. The molecule has 3 aromatic heterocycles. The maximum atomic E-state index is 3.71. The van der Waals surface area contributed by atoms with E-state index < -0.39 is 0 Å². The fraction of sp³-hybridized carbons (Fsp3) is 0.130. The van der Waals surface area contributed by atoms with E-state index in [4.69, 9.17) is 0 Å². The molecule has 0 bridgehead atoms. The normalized spacial score (nSPS) is 11.8. The Morgan fingerprint density at radius 3 is 1.69 bits per heavy atom. The molecule has 0 radical (unpaired) electrons. The van der Waals surface area contributed by atoms with E-state index in [9.17, 15) is 0 Å². The van der Waals surface area contributed by atoms with Crippen LogP contribution in [0.2, 0.25) is 0 Å². The summed E-state index contributed by atoms with van der Waals surface area (Å²) in [4.78, 5) is 8.77. The first kappa shape index (κ1) is 15.5. The SMILES string of the molecule is Cc1c(C(c2cccs2)c2[nH]c3ccccc3c2C)[nH]c2ccccc12. The van der Waals surface area contributed by atoms with E-state index in [0.717, 1.165) is 0 Å². The topological polar surface area (TPSA) is 31.6 Å². The Labute approximate surface area is 156 Å². The molecule has 2 nitrogen and oxygen atoms in total. The summed E-state index contributed by atoms with van der Waals surface area (Å²) in [6.45, 7) is 4.46. The Morgan fingerprint density at radius 1 is 0.692 bits per heavy atom. The van der Waals surface area contributed by atoms with E-state index >= 15 is 0 Å². The lowest BCUT2D eigenvalue weighted by atomic mass is 9.93. The van der Waals surface area contributed by atoms with Gasteiger partial charge in [0.2, 0.25) is 0 Å². The maximum absolute atomic E-state index is 3.71. The Morgan fingerprint density at radius 2 is 1.23 bits per heavy atom. The first-order chi connectivity index (χ1) is 12.7. The highest BCUT2D eigenvalue weighted by molar-refractivity contribution is 7.10. The summed E-state index contributed by atoms with van der Waals surface area (Å²) >= 11 is 1.82. The number of H-pyrrole nitrogens is 2. The molecule has 128 valence electrons. The van der Waals surface area contributed by atoms with Crippen molar-refractivity contribution in [2.45, 2.75) is 19.8 Å². The largest absolute Gasteiger partial charge is 0.357 e. The van der Waals surface area contributed by atoms with Crippen LogP contribution in [0.1, 0.15) is 33.3 Å². The number of rotatable bonds is 3. The zero-order valence-corrected chi connectivity index (χ0v) is 15.7. The van der Waals surface area contributed by atoms with Crippen LogP contribution in [0, 0.1) is 13.8 Å². The van der Waals surface area contributed by atoms with Crippen LogP contribution < -0.4 is 0 Å². The van der Waals surface area contributed by atoms with Crippen LogP contribution >= 0.6 is 11.3 Å². The summed E-state index contributed by atoms with van der Waals surface area (Å²) in [5.74, 6) is 0.190. The minimum absolute atomic E-state index is 0.190. The standard InChI is InChI=1S/C23H20N2S/c1-14-16-8-3-5-10-18(16)24-22(14)21(20-12-7-13-26-20)23-15(2)17-9-4-6-11-19(17)25-23/h3-13,21,24-25H,1-2H3. The molecular weight excluding hydrogens is 336 g/mol. The van der Waals surface area contributed by atoms with Gasteiger partial charge in [-0.2, -0.15) is 0 Å². The molecule has 3 heterocycles. The van der Waals surface area contributed by atoms with E-state index in [1.807, 2.05) is 11.3 Å². The second-order valence-electron chi connectivity index (χ2n) is 6.87. The predicted octanol–water partition coefficient (Wildman–Crippen LogP) is 6.51. The van der Waals surface area contributed by atoms with Gasteiger partial charge in [-0.05, 0) is 48.6 Å². The molecule has 0 amide bonds. The van der Waals surface area contributed by atoms with Gasteiger partial charge in [0.25, 0.3) is 0 Å². The number of aryl methyl sites for hydroxylation is 2. The molecule has 26 heavy (non-hydrogen) atoms. The molecule has 0 aliphatic rings. The number of hydrogen-bond acceptors (Lipinski definition) is 1. The van der Waals surface area contributed by atoms with Crippen molar-refractivity contribution in [3.8, 4) is 0 Å². The number of para-hydroxylation sites is 2. The van der Waals surface area contributed by atoms with E-state index in [2.05, 4.69) is 89.9 Å². The van der Waals surface area contributed by atoms with Gasteiger partial charge in [-0.25, -0.2) is 0 Å².